The fourth-order valence-electron chi connectivity index (χ4n) is 2.77. The van der Waals surface area contributed by atoms with Crippen LogP contribution in [0.2, 0.25) is 0 Å². The van der Waals surface area contributed by atoms with Crippen LogP contribution in [0.15, 0.2) is 90.2 Å². The van der Waals surface area contributed by atoms with Crippen LogP contribution in [-0.2, 0) is 12.3 Å². The number of carbonyl (C=O) groups excluding carboxylic acids is 1. The zero-order valence-electron chi connectivity index (χ0n) is 15.6. The fourth-order valence-corrected chi connectivity index (χ4v) is 3.58. The summed E-state index contributed by atoms with van der Waals surface area (Å²) in [5, 5.41) is 11.9. The van der Waals surface area contributed by atoms with Crippen molar-refractivity contribution in [2.24, 2.45) is 0 Å². The first-order valence-corrected chi connectivity index (χ1v) is 10.1. The van der Waals surface area contributed by atoms with E-state index in [0.717, 1.165) is 27.6 Å². The van der Waals surface area contributed by atoms with Gasteiger partial charge in [0.25, 0.3) is 5.91 Å². The van der Waals surface area contributed by atoms with Gasteiger partial charge in [0.1, 0.15) is 0 Å². The normalized spacial score (nSPS) is 10.6. The summed E-state index contributed by atoms with van der Waals surface area (Å²) in [6.45, 7) is 0.571. The predicted octanol–water partition coefficient (Wildman–Crippen LogP) is 4.27. The van der Waals surface area contributed by atoms with E-state index in [2.05, 4.69) is 20.6 Å². The first kappa shape index (κ1) is 18.9. The fraction of sp³-hybridized carbons (Fsp3) is 0.0909. The van der Waals surface area contributed by atoms with Crippen LogP contribution in [0.3, 0.4) is 0 Å². The van der Waals surface area contributed by atoms with Gasteiger partial charge in [-0.1, -0.05) is 53.7 Å². The van der Waals surface area contributed by atoms with Crippen molar-refractivity contribution in [2.75, 3.05) is 5.32 Å². The van der Waals surface area contributed by atoms with E-state index in [0.29, 0.717) is 6.54 Å². The second-order valence-electron chi connectivity index (χ2n) is 6.40. The predicted molar refractivity (Wildman–Crippen MR) is 114 cm³/mol. The third-order valence-electron chi connectivity index (χ3n) is 4.17. The Labute approximate surface area is 173 Å². The Bertz CT molecular complexity index is 1080. The van der Waals surface area contributed by atoms with Crippen LogP contribution in [0, 0.1) is 0 Å². The average Bonchev–Trinajstić information content (AvgIpc) is 3.23. The van der Waals surface area contributed by atoms with Crippen LogP contribution in [0.1, 0.15) is 21.6 Å². The van der Waals surface area contributed by atoms with E-state index in [1.807, 2.05) is 72.8 Å². The summed E-state index contributed by atoms with van der Waals surface area (Å²) in [5.74, 6) is 0.493. The van der Waals surface area contributed by atoms with Crippen molar-refractivity contribution in [1.29, 1.82) is 0 Å². The minimum Gasteiger partial charge on any atom is -0.321 e. The Balaban J connectivity index is 1.37. The van der Waals surface area contributed by atoms with Gasteiger partial charge in [-0.2, -0.15) is 0 Å². The van der Waals surface area contributed by atoms with E-state index in [1.54, 1.807) is 28.8 Å². The highest BCUT2D eigenvalue weighted by Crippen LogP contribution is 2.22. The number of hydrogen-bond donors (Lipinski definition) is 1. The Morgan fingerprint density at radius 1 is 0.966 bits per heavy atom. The van der Waals surface area contributed by atoms with Gasteiger partial charge in [-0.05, 0) is 35.4 Å². The van der Waals surface area contributed by atoms with Gasteiger partial charge in [0, 0.05) is 17.6 Å². The molecule has 0 saturated heterocycles. The molecule has 4 aromatic rings. The molecule has 2 aromatic carbocycles. The second-order valence-corrected chi connectivity index (χ2v) is 7.39. The van der Waals surface area contributed by atoms with Gasteiger partial charge in [-0.15, -0.1) is 16.9 Å². The lowest BCUT2D eigenvalue weighted by Crippen LogP contribution is -2.12. The summed E-state index contributed by atoms with van der Waals surface area (Å²) in [4.78, 5) is 16.8. The highest BCUT2D eigenvalue weighted by molar-refractivity contribution is 7.98. The zero-order valence-corrected chi connectivity index (χ0v) is 16.4. The number of anilines is 1. The zero-order chi connectivity index (χ0) is 19.9. The number of benzene rings is 2. The molecule has 2 heterocycles. The molecule has 0 bridgehead atoms. The van der Waals surface area contributed by atoms with Gasteiger partial charge in [0.2, 0.25) is 0 Å². The van der Waals surface area contributed by atoms with Gasteiger partial charge in [-0.25, -0.2) is 9.67 Å². The van der Waals surface area contributed by atoms with Crippen LogP contribution in [0.5, 0.6) is 0 Å². The molecule has 1 N–H and O–H groups in total. The minimum absolute atomic E-state index is 0.279. The molecule has 0 saturated carbocycles. The van der Waals surface area contributed by atoms with E-state index in [-0.39, 0.29) is 11.6 Å². The van der Waals surface area contributed by atoms with Gasteiger partial charge in [0.15, 0.2) is 5.69 Å². The summed E-state index contributed by atoms with van der Waals surface area (Å²) in [5.41, 5.74) is 3.22. The number of hydrogen-bond acceptors (Lipinski definition) is 5. The van der Waals surface area contributed by atoms with Crippen LogP contribution in [0.4, 0.5) is 5.69 Å². The minimum atomic E-state index is -0.279. The first-order valence-electron chi connectivity index (χ1n) is 9.14. The molecule has 0 aliphatic rings. The van der Waals surface area contributed by atoms with Gasteiger partial charge in [-0.3, -0.25) is 4.79 Å². The van der Waals surface area contributed by atoms with Crippen molar-refractivity contribution >= 4 is 23.4 Å². The Hall–Kier alpha value is -3.45. The quantitative estimate of drug-likeness (QED) is 0.468. The van der Waals surface area contributed by atoms with E-state index < -0.39 is 0 Å². The molecule has 0 aliphatic carbocycles. The maximum Gasteiger partial charge on any atom is 0.277 e. The topological polar surface area (TPSA) is 72.7 Å². The summed E-state index contributed by atoms with van der Waals surface area (Å²) < 4.78 is 1.66. The molecular formula is C22H19N5OS. The molecule has 0 spiro atoms. The number of pyridine rings is 1. The van der Waals surface area contributed by atoms with Crippen molar-refractivity contribution in [3.05, 3.63) is 102 Å². The van der Waals surface area contributed by atoms with E-state index in [4.69, 9.17) is 0 Å². The summed E-state index contributed by atoms with van der Waals surface area (Å²) in [7, 11) is 0. The Morgan fingerprint density at radius 3 is 2.62 bits per heavy atom. The summed E-state index contributed by atoms with van der Waals surface area (Å²) in [6, 6.07) is 23.6. The molecule has 0 unspecified atom stereocenters. The average molecular weight is 401 g/mol. The summed E-state index contributed by atoms with van der Waals surface area (Å²) >= 11 is 1.65. The number of thioether (sulfide) groups is 1. The molecule has 7 heteroatoms. The first-order chi connectivity index (χ1) is 14.3. The van der Waals surface area contributed by atoms with Crippen LogP contribution in [0.25, 0.3) is 0 Å². The number of carbonyl (C=O) groups is 1. The van der Waals surface area contributed by atoms with Crippen molar-refractivity contribution < 1.29 is 4.79 Å². The second kappa shape index (κ2) is 9.16. The number of rotatable bonds is 7. The molecule has 0 fully saturated rings. The number of aromatic nitrogens is 4. The molecule has 0 atom stereocenters. The molecule has 1 amide bonds. The van der Waals surface area contributed by atoms with Gasteiger partial charge < -0.3 is 5.32 Å². The number of nitrogens with zero attached hydrogens (tertiary/aromatic N) is 4. The number of nitrogens with one attached hydrogen (secondary N) is 1. The van der Waals surface area contributed by atoms with Crippen molar-refractivity contribution in [2.45, 2.75) is 17.3 Å². The molecule has 144 valence electrons. The van der Waals surface area contributed by atoms with Gasteiger partial charge in [0.05, 0.1) is 17.8 Å². The molecule has 29 heavy (non-hydrogen) atoms. The third kappa shape index (κ3) is 5.30. The monoisotopic (exact) mass is 401 g/mol. The molecule has 2 aromatic heterocycles. The largest absolute Gasteiger partial charge is 0.321 e. The van der Waals surface area contributed by atoms with E-state index in [1.165, 1.54) is 0 Å². The lowest BCUT2D eigenvalue weighted by molar-refractivity contribution is 0.102. The highest BCUT2D eigenvalue weighted by Gasteiger charge is 2.11. The SMILES string of the molecule is O=C(Nc1cccc(CSc2ccccn2)c1)c1cn(Cc2ccccc2)nn1. The van der Waals surface area contributed by atoms with Crippen LogP contribution < -0.4 is 5.32 Å². The van der Waals surface area contributed by atoms with Crippen LogP contribution >= 0.6 is 11.8 Å². The number of amides is 1. The van der Waals surface area contributed by atoms with E-state index >= 15 is 0 Å². The molecule has 6 nitrogen and oxygen atoms in total. The van der Waals surface area contributed by atoms with Gasteiger partial charge >= 0.3 is 0 Å². The van der Waals surface area contributed by atoms with Crippen molar-refractivity contribution in [3.63, 3.8) is 0 Å². The lowest BCUT2D eigenvalue weighted by atomic mass is 10.2. The molecular weight excluding hydrogens is 382 g/mol. The smallest absolute Gasteiger partial charge is 0.277 e. The van der Waals surface area contributed by atoms with Crippen molar-refractivity contribution in [3.8, 4) is 0 Å². The molecule has 4 rings (SSSR count). The summed E-state index contributed by atoms with van der Waals surface area (Å²) in [6.07, 6.45) is 3.44. The maximum absolute atomic E-state index is 12.5. The van der Waals surface area contributed by atoms with Crippen LogP contribution in [-0.4, -0.2) is 25.9 Å². The molecule has 0 radical (unpaired) electrons. The lowest BCUT2D eigenvalue weighted by Gasteiger charge is -2.06. The van der Waals surface area contributed by atoms with Crippen molar-refractivity contribution in [1.82, 2.24) is 20.0 Å². The standard InChI is InChI=1S/C22H19N5OS/c28-22(20-15-27(26-25-20)14-17-7-2-1-3-8-17)24-19-10-6-9-18(13-19)16-29-21-11-4-5-12-23-21/h1-13,15H,14,16H2,(H,24,28). The van der Waals surface area contributed by atoms with E-state index in [9.17, 15) is 4.79 Å². The highest BCUT2D eigenvalue weighted by atomic mass is 32.2. The Kier molecular flexibility index (Phi) is 5.97. The third-order valence-corrected chi connectivity index (χ3v) is 5.18. The Morgan fingerprint density at radius 2 is 1.79 bits per heavy atom. The molecule has 0 aliphatic heterocycles. The maximum atomic E-state index is 12.5.